The van der Waals surface area contributed by atoms with Gasteiger partial charge in [-0.2, -0.15) is 5.10 Å². The number of para-hydroxylation sites is 1. The standard InChI is InChI=1S/C26H30N4O3/c1-3-33-23-18-30(22-10-6-4-7-11-22)27-25(23)26(32)29(21-14-12-20(2)13-15-21)19-24(31)28-16-8-5-9-17-28/h4,6-7,10-15,18H,3,5,8-9,16-17,19H2,1-2H3. The van der Waals surface area contributed by atoms with Gasteiger partial charge in [0, 0.05) is 18.8 Å². The topological polar surface area (TPSA) is 67.7 Å². The molecule has 0 spiro atoms. The fourth-order valence-corrected chi connectivity index (χ4v) is 3.99. The number of benzene rings is 2. The van der Waals surface area contributed by atoms with Crippen molar-refractivity contribution in [3.05, 3.63) is 72.1 Å². The summed E-state index contributed by atoms with van der Waals surface area (Å²) in [5.74, 6) is -0.0136. The number of carbonyl (C=O) groups is 2. The zero-order chi connectivity index (χ0) is 23.2. The lowest BCUT2D eigenvalue weighted by Crippen LogP contribution is -2.45. The Hall–Kier alpha value is -3.61. The number of anilines is 1. The minimum Gasteiger partial charge on any atom is -0.490 e. The molecule has 0 bridgehead atoms. The predicted octanol–water partition coefficient (Wildman–Crippen LogP) is 4.24. The van der Waals surface area contributed by atoms with Crippen molar-refractivity contribution >= 4 is 17.5 Å². The van der Waals surface area contributed by atoms with E-state index in [4.69, 9.17) is 4.74 Å². The van der Waals surface area contributed by atoms with Gasteiger partial charge in [-0.1, -0.05) is 35.9 Å². The van der Waals surface area contributed by atoms with Crippen molar-refractivity contribution in [2.45, 2.75) is 33.1 Å². The molecule has 172 valence electrons. The predicted molar refractivity (Wildman–Crippen MR) is 128 cm³/mol. The molecule has 0 atom stereocenters. The lowest BCUT2D eigenvalue weighted by Gasteiger charge is -2.30. The Morgan fingerprint density at radius 3 is 2.36 bits per heavy atom. The molecular formula is C26H30N4O3. The van der Waals surface area contributed by atoms with Gasteiger partial charge in [-0.25, -0.2) is 4.68 Å². The number of piperidine rings is 1. The Balaban J connectivity index is 1.68. The van der Waals surface area contributed by atoms with Gasteiger partial charge in [0.2, 0.25) is 5.91 Å². The van der Waals surface area contributed by atoms with Crippen LogP contribution in [0.15, 0.2) is 60.8 Å². The molecule has 1 fully saturated rings. The first-order valence-corrected chi connectivity index (χ1v) is 11.5. The number of carbonyl (C=O) groups excluding carboxylic acids is 2. The number of aryl methyl sites for hydroxylation is 1. The molecule has 0 aliphatic carbocycles. The van der Waals surface area contributed by atoms with Crippen molar-refractivity contribution in [1.29, 1.82) is 0 Å². The summed E-state index contributed by atoms with van der Waals surface area (Å²) < 4.78 is 7.40. The van der Waals surface area contributed by atoms with Crippen LogP contribution in [0.3, 0.4) is 0 Å². The third-order valence-electron chi connectivity index (χ3n) is 5.80. The Labute approximate surface area is 194 Å². The molecule has 1 aromatic heterocycles. The van der Waals surface area contributed by atoms with Gasteiger partial charge in [-0.05, 0) is 57.4 Å². The third-order valence-corrected chi connectivity index (χ3v) is 5.80. The summed E-state index contributed by atoms with van der Waals surface area (Å²) in [6.07, 6.45) is 4.85. The summed E-state index contributed by atoms with van der Waals surface area (Å²) in [6, 6.07) is 17.2. The SMILES string of the molecule is CCOc1cn(-c2ccccc2)nc1C(=O)N(CC(=O)N1CCCCC1)c1ccc(C)cc1. The van der Waals surface area contributed by atoms with Crippen LogP contribution in [-0.4, -0.2) is 52.7 Å². The molecule has 0 unspecified atom stereocenters. The maximum atomic E-state index is 13.8. The number of amides is 2. The van der Waals surface area contributed by atoms with E-state index in [1.165, 1.54) is 4.90 Å². The lowest BCUT2D eigenvalue weighted by molar-refractivity contribution is -0.130. The van der Waals surface area contributed by atoms with E-state index in [1.807, 2.05) is 73.3 Å². The van der Waals surface area contributed by atoms with Crippen LogP contribution < -0.4 is 9.64 Å². The molecule has 0 saturated carbocycles. The Morgan fingerprint density at radius 1 is 1.00 bits per heavy atom. The molecule has 2 amide bonds. The van der Waals surface area contributed by atoms with E-state index in [9.17, 15) is 9.59 Å². The number of aromatic nitrogens is 2. The quantitative estimate of drug-likeness (QED) is 0.545. The van der Waals surface area contributed by atoms with Gasteiger partial charge < -0.3 is 9.64 Å². The third kappa shape index (κ3) is 5.25. The van der Waals surface area contributed by atoms with E-state index < -0.39 is 0 Å². The normalized spacial score (nSPS) is 13.6. The Kier molecular flexibility index (Phi) is 7.07. The fourth-order valence-electron chi connectivity index (χ4n) is 3.99. The van der Waals surface area contributed by atoms with Crippen molar-refractivity contribution in [3.63, 3.8) is 0 Å². The average Bonchev–Trinajstić information content (AvgIpc) is 3.28. The summed E-state index contributed by atoms with van der Waals surface area (Å²) in [5.41, 5.74) is 2.75. The zero-order valence-electron chi connectivity index (χ0n) is 19.2. The van der Waals surface area contributed by atoms with Gasteiger partial charge in [-0.15, -0.1) is 0 Å². The molecule has 33 heavy (non-hydrogen) atoms. The minimum absolute atomic E-state index is 0.0361. The van der Waals surface area contributed by atoms with Gasteiger partial charge in [0.1, 0.15) is 6.54 Å². The van der Waals surface area contributed by atoms with E-state index in [0.29, 0.717) is 18.0 Å². The van der Waals surface area contributed by atoms with Gasteiger partial charge >= 0.3 is 0 Å². The second kappa shape index (κ2) is 10.3. The van der Waals surface area contributed by atoms with Crippen LogP contribution >= 0.6 is 0 Å². The van der Waals surface area contributed by atoms with Gasteiger partial charge in [0.15, 0.2) is 11.4 Å². The molecule has 0 radical (unpaired) electrons. The summed E-state index contributed by atoms with van der Waals surface area (Å²) in [5, 5.41) is 4.56. The van der Waals surface area contributed by atoms with Crippen LogP contribution in [-0.2, 0) is 4.79 Å². The number of nitrogens with zero attached hydrogens (tertiary/aromatic N) is 4. The molecule has 3 aromatic rings. The second-order valence-electron chi connectivity index (χ2n) is 8.22. The van der Waals surface area contributed by atoms with E-state index in [0.717, 1.165) is 43.6 Å². The van der Waals surface area contributed by atoms with Crippen LogP contribution in [0.4, 0.5) is 5.69 Å². The molecular weight excluding hydrogens is 416 g/mol. The molecule has 1 saturated heterocycles. The molecule has 1 aliphatic rings. The molecule has 4 rings (SSSR count). The van der Waals surface area contributed by atoms with Crippen LogP contribution in [0.1, 0.15) is 42.2 Å². The van der Waals surface area contributed by atoms with Crippen molar-refractivity contribution < 1.29 is 14.3 Å². The monoisotopic (exact) mass is 446 g/mol. The van der Waals surface area contributed by atoms with Gasteiger partial charge in [0.05, 0.1) is 18.5 Å². The fraction of sp³-hybridized carbons (Fsp3) is 0.346. The summed E-state index contributed by atoms with van der Waals surface area (Å²) in [6.45, 7) is 5.70. The largest absolute Gasteiger partial charge is 0.490 e. The maximum Gasteiger partial charge on any atom is 0.283 e. The number of hydrogen-bond acceptors (Lipinski definition) is 4. The van der Waals surface area contributed by atoms with E-state index >= 15 is 0 Å². The number of ether oxygens (including phenoxy) is 1. The first-order valence-electron chi connectivity index (χ1n) is 11.5. The summed E-state index contributed by atoms with van der Waals surface area (Å²) >= 11 is 0. The smallest absolute Gasteiger partial charge is 0.283 e. The van der Waals surface area contributed by atoms with E-state index in [2.05, 4.69) is 5.10 Å². The van der Waals surface area contributed by atoms with Crippen LogP contribution in [0, 0.1) is 6.92 Å². The Morgan fingerprint density at radius 2 is 1.70 bits per heavy atom. The highest BCUT2D eigenvalue weighted by Crippen LogP contribution is 2.25. The Bertz CT molecular complexity index is 1090. The van der Waals surface area contributed by atoms with Crippen LogP contribution in [0.25, 0.3) is 5.69 Å². The van der Waals surface area contributed by atoms with E-state index in [-0.39, 0.29) is 24.1 Å². The second-order valence-corrected chi connectivity index (χ2v) is 8.22. The molecule has 1 aliphatic heterocycles. The molecule has 2 heterocycles. The average molecular weight is 447 g/mol. The number of rotatable bonds is 7. The molecule has 2 aromatic carbocycles. The lowest BCUT2D eigenvalue weighted by atomic mass is 10.1. The summed E-state index contributed by atoms with van der Waals surface area (Å²) in [4.78, 5) is 30.2. The number of likely N-dealkylation sites (tertiary alicyclic amines) is 1. The highest BCUT2D eigenvalue weighted by Gasteiger charge is 2.29. The van der Waals surface area contributed by atoms with Gasteiger partial charge in [0.25, 0.3) is 5.91 Å². The highest BCUT2D eigenvalue weighted by atomic mass is 16.5. The van der Waals surface area contributed by atoms with Crippen LogP contribution in [0.5, 0.6) is 5.75 Å². The van der Waals surface area contributed by atoms with E-state index in [1.54, 1.807) is 10.9 Å². The van der Waals surface area contributed by atoms with Crippen LogP contribution in [0.2, 0.25) is 0 Å². The molecule has 7 nitrogen and oxygen atoms in total. The number of hydrogen-bond donors (Lipinski definition) is 0. The summed E-state index contributed by atoms with van der Waals surface area (Å²) in [7, 11) is 0. The highest BCUT2D eigenvalue weighted by molar-refractivity contribution is 6.09. The van der Waals surface area contributed by atoms with Crippen molar-refractivity contribution in [2.24, 2.45) is 0 Å². The zero-order valence-corrected chi connectivity index (χ0v) is 19.2. The maximum absolute atomic E-state index is 13.8. The molecule has 0 N–H and O–H groups in total. The van der Waals surface area contributed by atoms with Gasteiger partial charge in [-0.3, -0.25) is 14.5 Å². The first kappa shape index (κ1) is 22.6. The first-order chi connectivity index (χ1) is 16.1. The minimum atomic E-state index is -0.359. The van der Waals surface area contributed by atoms with Crippen molar-refractivity contribution in [2.75, 3.05) is 31.1 Å². The van der Waals surface area contributed by atoms with Crippen molar-refractivity contribution in [3.8, 4) is 11.4 Å². The van der Waals surface area contributed by atoms with Crippen molar-refractivity contribution in [1.82, 2.24) is 14.7 Å². The molecule has 7 heteroatoms.